The van der Waals surface area contributed by atoms with Crippen LogP contribution in [0.2, 0.25) is 0 Å². The SMILES string of the molecule is C=CCCc1cc(F)c(CCc2cc(F)c(C#Cc3ccc4c(F)c(F)ccc4c3)c(F)c2)c(F)c1. The summed E-state index contributed by atoms with van der Waals surface area (Å²) >= 11 is 0. The summed E-state index contributed by atoms with van der Waals surface area (Å²) in [7, 11) is 0. The summed E-state index contributed by atoms with van der Waals surface area (Å²) in [6.07, 6.45) is 2.66. The second-order valence-corrected chi connectivity index (χ2v) is 8.35. The van der Waals surface area contributed by atoms with Crippen LogP contribution in [0.3, 0.4) is 0 Å². The lowest BCUT2D eigenvalue weighted by atomic mass is 9.99. The highest BCUT2D eigenvalue weighted by molar-refractivity contribution is 5.84. The number of allylic oxidation sites excluding steroid dienone is 1. The van der Waals surface area contributed by atoms with E-state index < -0.39 is 40.5 Å². The zero-order valence-corrected chi connectivity index (χ0v) is 19.1. The van der Waals surface area contributed by atoms with Crippen molar-refractivity contribution in [3.05, 3.63) is 130 Å². The van der Waals surface area contributed by atoms with Gasteiger partial charge in [-0.15, -0.1) is 6.58 Å². The summed E-state index contributed by atoms with van der Waals surface area (Å²) in [6.45, 7) is 3.58. The maximum Gasteiger partial charge on any atom is 0.166 e. The van der Waals surface area contributed by atoms with Gasteiger partial charge in [-0.3, -0.25) is 0 Å². The summed E-state index contributed by atoms with van der Waals surface area (Å²) in [5.74, 6) is -0.111. The molecule has 0 aromatic heterocycles. The summed E-state index contributed by atoms with van der Waals surface area (Å²) in [5, 5.41) is 0.465. The Bertz CT molecular complexity index is 1480. The molecule has 182 valence electrons. The molecule has 0 spiro atoms. The predicted molar refractivity (Wildman–Crippen MR) is 128 cm³/mol. The lowest BCUT2D eigenvalue weighted by Gasteiger charge is -2.09. The van der Waals surface area contributed by atoms with Gasteiger partial charge in [0.15, 0.2) is 11.6 Å². The van der Waals surface area contributed by atoms with E-state index in [0.717, 1.165) is 18.2 Å². The summed E-state index contributed by atoms with van der Waals surface area (Å²) < 4.78 is 85.3. The molecule has 0 radical (unpaired) electrons. The van der Waals surface area contributed by atoms with Crippen molar-refractivity contribution in [1.82, 2.24) is 0 Å². The Morgan fingerprint density at radius 3 is 1.94 bits per heavy atom. The highest BCUT2D eigenvalue weighted by atomic mass is 19.2. The number of fused-ring (bicyclic) bond motifs is 1. The zero-order valence-electron chi connectivity index (χ0n) is 19.1. The highest BCUT2D eigenvalue weighted by Gasteiger charge is 2.14. The molecule has 6 heteroatoms. The van der Waals surface area contributed by atoms with Crippen LogP contribution in [-0.4, -0.2) is 0 Å². The third kappa shape index (κ3) is 5.46. The molecule has 36 heavy (non-hydrogen) atoms. The molecule has 0 N–H and O–H groups in total. The minimum atomic E-state index is -0.983. The molecule has 0 amide bonds. The first-order valence-electron chi connectivity index (χ1n) is 11.2. The molecule has 0 nitrogen and oxygen atoms in total. The van der Waals surface area contributed by atoms with E-state index in [4.69, 9.17) is 0 Å². The van der Waals surface area contributed by atoms with E-state index in [1.165, 1.54) is 36.4 Å². The van der Waals surface area contributed by atoms with Crippen molar-refractivity contribution in [2.24, 2.45) is 0 Å². The molecule has 0 bridgehead atoms. The van der Waals surface area contributed by atoms with Gasteiger partial charge in [-0.2, -0.15) is 0 Å². The van der Waals surface area contributed by atoms with Crippen LogP contribution < -0.4 is 0 Å². The van der Waals surface area contributed by atoms with Crippen LogP contribution in [0.5, 0.6) is 0 Å². The van der Waals surface area contributed by atoms with Crippen molar-refractivity contribution in [3.63, 3.8) is 0 Å². The van der Waals surface area contributed by atoms with Gasteiger partial charge in [0.05, 0.1) is 5.56 Å². The lowest BCUT2D eigenvalue weighted by molar-refractivity contribution is 0.517. The third-order valence-corrected chi connectivity index (χ3v) is 5.84. The van der Waals surface area contributed by atoms with Gasteiger partial charge in [0, 0.05) is 16.5 Å². The quantitative estimate of drug-likeness (QED) is 0.145. The first-order chi connectivity index (χ1) is 17.3. The fourth-order valence-corrected chi connectivity index (χ4v) is 3.94. The molecular weight excluding hydrogens is 474 g/mol. The van der Waals surface area contributed by atoms with Crippen molar-refractivity contribution < 1.29 is 26.3 Å². The normalized spacial score (nSPS) is 10.8. The first kappa shape index (κ1) is 25.1. The van der Waals surface area contributed by atoms with Gasteiger partial charge < -0.3 is 0 Å². The molecular formula is C30H20F6. The van der Waals surface area contributed by atoms with Crippen LogP contribution in [0.25, 0.3) is 10.8 Å². The molecule has 4 rings (SSSR count). The number of rotatable bonds is 6. The van der Waals surface area contributed by atoms with E-state index in [2.05, 4.69) is 18.4 Å². The third-order valence-electron chi connectivity index (χ3n) is 5.84. The van der Waals surface area contributed by atoms with Gasteiger partial charge in [-0.05, 0) is 84.7 Å². The number of hydrogen-bond acceptors (Lipinski definition) is 0. The molecule has 4 aromatic rings. The molecule has 0 aliphatic heterocycles. The Balaban J connectivity index is 1.52. The number of hydrogen-bond donors (Lipinski definition) is 0. The molecule has 0 heterocycles. The fourth-order valence-electron chi connectivity index (χ4n) is 3.94. The smallest absolute Gasteiger partial charge is 0.166 e. The van der Waals surface area contributed by atoms with Crippen LogP contribution in [-0.2, 0) is 19.3 Å². The van der Waals surface area contributed by atoms with Gasteiger partial charge >= 0.3 is 0 Å². The Morgan fingerprint density at radius 2 is 1.28 bits per heavy atom. The molecule has 0 aliphatic rings. The van der Waals surface area contributed by atoms with Gasteiger partial charge in [0.1, 0.15) is 23.3 Å². The van der Waals surface area contributed by atoms with Crippen LogP contribution in [0, 0.1) is 46.7 Å². The Hall–Kier alpha value is -3.98. The van der Waals surface area contributed by atoms with Crippen molar-refractivity contribution in [2.75, 3.05) is 0 Å². The van der Waals surface area contributed by atoms with E-state index in [1.807, 2.05) is 0 Å². The van der Waals surface area contributed by atoms with Crippen LogP contribution in [0.1, 0.15) is 34.2 Å². The minimum absolute atomic E-state index is 0.0220. The van der Waals surface area contributed by atoms with Crippen molar-refractivity contribution in [2.45, 2.75) is 25.7 Å². The van der Waals surface area contributed by atoms with E-state index in [9.17, 15) is 26.3 Å². The monoisotopic (exact) mass is 494 g/mol. The molecule has 0 saturated carbocycles. The summed E-state index contributed by atoms with van der Waals surface area (Å²) in [6, 6.07) is 11.3. The van der Waals surface area contributed by atoms with Gasteiger partial charge in [-0.1, -0.05) is 30.0 Å². The minimum Gasteiger partial charge on any atom is -0.207 e. The number of aryl methyl sites for hydroxylation is 2. The molecule has 0 fully saturated rings. The average molecular weight is 494 g/mol. The van der Waals surface area contributed by atoms with Crippen LogP contribution in [0.4, 0.5) is 26.3 Å². The fraction of sp³-hybridized carbons (Fsp3) is 0.133. The topological polar surface area (TPSA) is 0 Å². The molecule has 0 saturated heterocycles. The average Bonchev–Trinajstić information content (AvgIpc) is 2.84. The maximum absolute atomic E-state index is 14.6. The van der Waals surface area contributed by atoms with Crippen molar-refractivity contribution >= 4 is 10.8 Å². The van der Waals surface area contributed by atoms with E-state index in [-0.39, 0.29) is 29.4 Å². The Kier molecular flexibility index (Phi) is 7.49. The summed E-state index contributed by atoms with van der Waals surface area (Å²) in [5.41, 5.74) is 0.493. The molecule has 0 unspecified atom stereocenters. The standard InChI is InChI=1S/C30H20F6/c1-2-3-4-19-14-26(32)24(27(33)15-19)11-7-20-16-28(34)23(29(35)17-20)10-6-18-5-9-22-21(13-18)8-12-25(31)30(22)36/h2,5,8-9,12-17H,1,3-4,7,11H2. The molecule has 0 aliphatic carbocycles. The molecule has 0 atom stereocenters. The Morgan fingerprint density at radius 1 is 0.639 bits per heavy atom. The first-order valence-corrected chi connectivity index (χ1v) is 11.2. The zero-order chi connectivity index (χ0) is 25.8. The van der Waals surface area contributed by atoms with Gasteiger partial charge in [0.25, 0.3) is 0 Å². The van der Waals surface area contributed by atoms with Gasteiger partial charge in [0.2, 0.25) is 0 Å². The van der Waals surface area contributed by atoms with E-state index in [1.54, 1.807) is 6.08 Å². The van der Waals surface area contributed by atoms with Crippen LogP contribution >= 0.6 is 0 Å². The maximum atomic E-state index is 14.6. The second kappa shape index (κ2) is 10.7. The van der Waals surface area contributed by atoms with E-state index in [0.29, 0.717) is 29.4 Å². The van der Waals surface area contributed by atoms with Crippen molar-refractivity contribution in [1.29, 1.82) is 0 Å². The Labute approximate surface area is 204 Å². The van der Waals surface area contributed by atoms with Crippen LogP contribution in [0.15, 0.2) is 67.3 Å². The van der Waals surface area contributed by atoms with Gasteiger partial charge in [-0.25, -0.2) is 26.3 Å². The second-order valence-electron chi connectivity index (χ2n) is 8.35. The largest absolute Gasteiger partial charge is 0.207 e. The van der Waals surface area contributed by atoms with Crippen molar-refractivity contribution in [3.8, 4) is 11.8 Å². The molecule has 4 aromatic carbocycles. The van der Waals surface area contributed by atoms with E-state index >= 15 is 0 Å². The lowest BCUT2D eigenvalue weighted by Crippen LogP contribution is -2.02. The predicted octanol–water partition coefficient (Wildman–Crippen LogP) is 7.98. The summed E-state index contributed by atoms with van der Waals surface area (Å²) in [4.78, 5) is 0. The number of benzene rings is 4. The number of halogens is 6. The highest BCUT2D eigenvalue weighted by Crippen LogP contribution is 2.23.